The number of carbonyl (C=O) groups is 1. The van der Waals surface area contributed by atoms with E-state index >= 15 is 0 Å². The van der Waals surface area contributed by atoms with E-state index in [0.717, 1.165) is 40.1 Å². The first-order valence-corrected chi connectivity index (χ1v) is 9.92. The standard InChI is InChI=1S/C23H25N5O/c1-4-11-24-23(29)19-9-7-18(8-10-19)15-28-21-20(16(2)14-17(3)25-21)22(26-28)27-12-5-6-13-27/h5-10,12-14H,4,11,15H2,1-3H3,(H,24,29). The number of hydrogen-bond acceptors (Lipinski definition) is 3. The van der Waals surface area contributed by atoms with Crippen molar-refractivity contribution in [2.75, 3.05) is 6.54 Å². The Labute approximate surface area is 170 Å². The highest BCUT2D eigenvalue weighted by Gasteiger charge is 2.16. The maximum atomic E-state index is 12.1. The number of aromatic nitrogens is 4. The fraction of sp³-hybridized carbons (Fsp3) is 0.261. The molecule has 1 N–H and O–H groups in total. The summed E-state index contributed by atoms with van der Waals surface area (Å²) in [7, 11) is 0. The topological polar surface area (TPSA) is 64.7 Å². The van der Waals surface area contributed by atoms with Crippen LogP contribution < -0.4 is 5.32 Å². The summed E-state index contributed by atoms with van der Waals surface area (Å²) in [6, 6.07) is 13.8. The summed E-state index contributed by atoms with van der Waals surface area (Å²) in [6.07, 6.45) is 4.91. The molecule has 0 aliphatic heterocycles. The SMILES string of the molecule is CCCNC(=O)c1ccc(Cn2nc(-n3cccc3)c3c(C)cc(C)nc32)cc1. The molecule has 0 aliphatic rings. The van der Waals surface area contributed by atoms with Gasteiger partial charge >= 0.3 is 0 Å². The lowest BCUT2D eigenvalue weighted by Gasteiger charge is -2.07. The van der Waals surface area contributed by atoms with Crippen molar-refractivity contribution in [2.45, 2.75) is 33.7 Å². The van der Waals surface area contributed by atoms with Gasteiger partial charge in [-0.05, 0) is 61.7 Å². The van der Waals surface area contributed by atoms with Crippen molar-refractivity contribution < 1.29 is 4.79 Å². The third kappa shape index (κ3) is 3.78. The van der Waals surface area contributed by atoms with Gasteiger partial charge in [0.25, 0.3) is 5.91 Å². The highest BCUT2D eigenvalue weighted by molar-refractivity contribution is 5.94. The molecule has 0 saturated heterocycles. The lowest BCUT2D eigenvalue weighted by Crippen LogP contribution is -2.23. The van der Waals surface area contributed by atoms with Gasteiger partial charge in [0.05, 0.1) is 11.9 Å². The van der Waals surface area contributed by atoms with Crippen LogP contribution in [0.25, 0.3) is 16.9 Å². The van der Waals surface area contributed by atoms with Gasteiger partial charge in [-0.2, -0.15) is 5.10 Å². The summed E-state index contributed by atoms with van der Waals surface area (Å²) < 4.78 is 3.96. The van der Waals surface area contributed by atoms with Crippen molar-refractivity contribution in [1.29, 1.82) is 0 Å². The van der Waals surface area contributed by atoms with E-state index in [-0.39, 0.29) is 5.91 Å². The van der Waals surface area contributed by atoms with Crippen LogP contribution in [0.3, 0.4) is 0 Å². The molecule has 0 bridgehead atoms. The Balaban J connectivity index is 1.69. The molecule has 148 valence electrons. The third-order valence-electron chi connectivity index (χ3n) is 4.94. The number of nitrogens with one attached hydrogen (secondary N) is 1. The molecule has 6 nitrogen and oxygen atoms in total. The number of fused-ring (bicyclic) bond motifs is 1. The van der Waals surface area contributed by atoms with Crippen LogP contribution in [0.5, 0.6) is 0 Å². The van der Waals surface area contributed by atoms with Crippen LogP contribution in [0, 0.1) is 13.8 Å². The minimum Gasteiger partial charge on any atom is -0.352 e. The van der Waals surface area contributed by atoms with Crippen LogP contribution >= 0.6 is 0 Å². The van der Waals surface area contributed by atoms with Crippen molar-refractivity contribution in [1.82, 2.24) is 24.6 Å². The van der Waals surface area contributed by atoms with Gasteiger partial charge in [0.1, 0.15) is 0 Å². The molecular weight excluding hydrogens is 362 g/mol. The van der Waals surface area contributed by atoms with Crippen LogP contribution in [0.2, 0.25) is 0 Å². The summed E-state index contributed by atoms with van der Waals surface area (Å²) in [6.45, 7) is 7.41. The Kier molecular flexibility index (Phi) is 5.16. The lowest BCUT2D eigenvalue weighted by atomic mass is 10.1. The van der Waals surface area contributed by atoms with Gasteiger partial charge in [-0.3, -0.25) is 4.79 Å². The minimum atomic E-state index is -0.0363. The maximum absolute atomic E-state index is 12.1. The predicted octanol–water partition coefficient (Wildman–Crippen LogP) is 4.03. The number of hydrogen-bond donors (Lipinski definition) is 1. The zero-order valence-electron chi connectivity index (χ0n) is 17.0. The molecule has 0 radical (unpaired) electrons. The highest BCUT2D eigenvalue weighted by atomic mass is 16.1. The second kappa shape index (κ2) is 7.91. The molecule has 4 rings (SSSR count). The first kappa shape index (κ1) is 18.9. The van der Waals surface area contributed by atoms with Gasteiger partial charge in [0.15, 0.2) is 11.5 Å². The normalized spacial score (nSPS) is 11.1. The van der Waals surface area contributed by atoms with Crippen LogP contribution in [0.15, 0.2) is 54.9 Å². The molecule has 3 aromatic heterocycles. The summed E-state index contributed by atoms with van der Waals surface area (Å²) in [5.41, 5.74) is 4.74. The largest absolute Gasteiger partial charge is 0.352 e. The first-order valence-electron chi connectivity index (χ1n) is 9.92. The number of nitrogens with zero attached hydrogens (tertiary/aromatic N) is 4. The molecular formula is C23H25N5O. The summed E-state index contributed by atoms with van der Waals surface area (Å²) in [5, 5.41) is 8.83. The zero-order chi connectivity index (χ0) is 20.4. The average molecular weight is 387 g/mol. The molecule has 0 aliphatic carbocycles. The number of pyridine rings is 1. The fourth-order valence-corrected chi connectivity index (χ4v) is 3.53. The Morgan fingerprint density at radius 2 is 1.83 bits per heavy atom. The van der Waals surface area contributed by atoms with Gasteiger partial charge in [-0.25, -0.2) is 9.67 Å². The first-order chi connectivity index (χ1) is 14.1. The predicted molar refractivity (Wildman–Crippen MR) is 114 cm³/mol. The highest BCUT2D eigenvalue weighted by Crippen LogP contribution is 2.25. The van der Waals surface area contributed by atoms with E-state index in [1.807, 2.05) is 71.9 Å². The van der Waals surface area contributed by atoms with E-state index in [1.165, 1.54) is 0 Å². The molecule has 3 heterocycles. The molecule has 0 unspecified atom stereocenters. The van der Waals surface area contributed by atoms with Gasteiger partial charge < -0.3 is 9.88 Å². The monoisotopic (exact) mass is 387 g/mol. The molecule has 0 fully saturated rings. The quantitative estimate of drug-likeness (QED) is 0.543. The summed E-state index contributed by atoms with van der Waals surface area (Å²) >= 11 is 0. The Morgan fingerprint density at radius 3 is 2.52 bits per heavy atom. The molecule has 0 spiro atoms. The van der Waals surface area contributed by atoms with E-state index in [0.29, 0.717) is 18.7 Å². The maximum Gasteiger partial charge on any atom is 0.251 e. The van der Waals surface area contributed by atoms with E-state index in [4.69, 9.17) is 10.1 Å². The summed E-state index contributed by atoms with van der Waals surface area (Å²) in [4.78, 5) is 16.9. The Morgan fingerprint density at radius 1 is 1.10 bits per heavy atom. The average Bonchev–Trinajstić information content (AvgIpc) is 3.35. The fourth-order valence-electron chi connectivity index (χ4n) is 3.53. The Hall–Kier alpha value is -3.41. The molecule has 0 atom stereocenters. The number of aryl methyl sites for hydroxylation is 2. The van der Waals surface area contributed by atoms with E-state index in [1.54, 1.807) is 0 Å². The lowest BCUT2D eigenvalue weighted by molar-refractivity contribution is 0.0953. The van der Waals surface area contributed by atoms with Crippen molar-refractivity contribution in [2.24, 2.45) is 0 Å². The van der Waals surface area contributed by atoms with Crippen molar-refractivity contribution in [3.8, 4) is 5.82 Å². The van der Waals surface area contributed by atoms with Crippen molar-refractivity contribution >= 4 is 16.9 Å². The molecule has 0 saturated carbocycles. The van der Waals surface area contributed by atoms with E-state index in [2.05, 4.69) is 18.3 Å². The Bertz CT molecular complexity index is 1140. The van der Waals surface area contributed by atoms with Crippen LogP contribution in [-0.2, 0) is 6.54 Å². The second-order valence-electron chi connectivity index (χ2n) is 7.30. The van der Waals surface area contributed by atoms with Gasteiger partial charge in [0.2, 0.25) is 0 Å². The van der Waals surface area contributed by atoms with Crippen LogP contribution in [0.4, 0.5) is 0 Å². The molecule has 6 heteroatoms. The van der Waals surface area contributed by atoms with Gasteiger partial charge in [-0.15, -0.1) is 0 Å². The van der Waals surface area contributed by atoms with E-state index < -0.39 is 0 Å². The van der Waals surface area contributed by atoms with Crippen LogP contribution in [-0.4, -0.2) is 31.8 Å². The minimum absolute atomic E-state index is 0.0363. The zero-order valence-corrected chi connectivity index (χ0v) is 17.0. The van der Waals surface area contributed by atoms with Crippen molar-refractivity contribution in [3.63, 3.8) is 0 Å². The van der Waals surface area contributed by atoms with Crippen molar-refractivity contribution in [3.05, 3.63) is 77.2 Å². The van der Waals surface area contributed by atoms with Crippen LogP contribution in [0.1, 0.15) is 40.5 Å². The number of benzene rings is 1. The molecule has 29 heavy (non-hydrogen) atoms. The molecule has 4 aromatic rings. The van der Waals surface area contributed by atoms with E-state index in [9.17, 15) is 4.79 Å². The number of amides is 1. The third-order valence-corrected chi connectivity index (χ3v) is 4.94. The number of rotatable bonds is 6. The smallest absolute Gasteiger partial charge is 0.251 e. The molecule has 1 amide bonds. The number of carbonyl (C=O) groups excluding carboxylic acids is 1. The summed E-state index contributed by atoms with van der Waals surface area (Å²) in [5.74, 6) is 0.844. The van der Waals surface area contributed by atoms with Gasteiger partial charge in [-0.1, -0.05) is 19.1 Å². The second-order valence-corrected chi connectivity index (χ2v) is 7.30. The van der Waals surface area contributed by atoms with Gasteiger partial charge in [0, 0.05) is 30.2 Å². The molecule has 1 aromatic carbocycles.